The fraction of sp³-hybridized carbons (Fsp3) is 0.333. The zero-order valence-corrected chi connectivity index (χ0v) is 8.81. The smallest absolute Gasteiger partial charge is 0.271 e. The van der Waals surface area contributed by atoms with Crippen molar-refractivity contribution in [1.82, 2.24) is 4.98 Å². The molecule has 1 aromatic heterocycles. The number of alkyl halides is 2. The Morgan fingerprint density at radius 1 is 1.60 bits per heavy atom. The number of hydrogen-bond donors (Lipinski definition) is 0. The van der Waals surface area contributed by atoms with Crippen LogP contribution in [0.2, 0.25) is 0 Å². The first-order valence-corrected chi connectivity index (χ1v) is 4.38. The van der Waals surface area contributed by atoms with Crippen LogP contribution in [0.25, 0.3) is 0 Å². The summed E-state index contributed by atoms with van der Waals surface area (Å²) in [6, 6.07) is 1.07. The molecule has 0 spiro atoms. The van der Waals surface area contributed by atoms with Crippen molar-refractivity contribution in [3.63, 3.8) is 0 Å². The van der Waals surface area contributed by atoms with E-state index in [0.29, 0.717) is 5.69 Å². The minimum absolute atomic E-state index is 0.201. The zero-order valence-electron chi connectivity index (χ0n) is 8.05. The predicted molar refractivity (Wildman–Crippen MR) is 50.7 cm³/mol. The van der Waals surface area contributed by atoms with E-state index < -0.39 is 22.9 Å². The molecular formula is C9H8ClF2NO2. The van der Waals surface area contributed by atoms with E-state index in [0.717, 1.165) is 6.07 Å². The molecule has 0 atom stereocenters. The molecule has 1 heterocycles. The number of carbonyl (C=O) groups is 1. The van der Waals surface area contributed by atoms with Crippen molar-refractivity contribution in [2.45, 2.75) is 13.3 Å². The standard InChI is InChI=1S/C9H8ClF2NO2/c1-4-6(15-2)3-5(9(11)12)7(13-4)8(10)14/h3,9H,1-2H3. The summed E-state index contributed by atoms with van der Waals surface area (Å²) < 4.78 is 29.9. The SMILES string of the molecule is COc1cc(C(F)F)c(C(=O)Cl)nc1C. The molecule has 0 N–H and O–H groups in total. The first kappa shape index (κ1) is 11.8. The zero-order chi connectivity index (χ0) is 11.6. The molecule has 0 aromatic carbocycles. The fourth-order valence-corrected chi connectivity index (χ4v) is 1.28. The lowest BCUT2D eigenvalue weighted by Gasteiger charge is -2.09. The minimum Gasteiger partial charge on any atom is -0.495 e. The molecule has 0 unspecified atom stereocenters. The van der Waals surface area contributed by atoms with E-state index in [1.54, 1.807) is 0 Å². The van der Waals surface area contributed by atoms with E-state index in [2.05, 4.69) is 4.98 Å². The van der Waals surface area contributed by atoms with Crippen molar-refractivity contribution in [1.29, 1.82) is 0 Å². The van der Waals surface area contributed by atoms with Gasteiger partial charge >= 0.3 is 0 Å². The Labute approximate surface area is 90.0 Å². The second-order valence-electron chi connectivity index (χ2n) is 2.79. The van der Waals surface area contributed by atoms with Gasteiger partial charge in [-0.15, -0.1) is 0 Å². The highest BCUT2D eigenvalue weighted by Crippen LogP contribution is 2.28. The normalized spacial score (nSPS) is 10.5. The largest absolute Gasteiger partial charge is 0.495 e. The number of carbonyl (C=O) groups excluding carboxylic acids is 1. The molecule has 0 amide bonds. The van der Waals surface area contributed by atoms with Gasteiger partial charge in [-0.2, -0.15) is 0 Å². The summed E-state index contributed by atoms with van der Waals surface area (Å²) in [5, 5.41) is -1.00. The Morgan fingerprint density at radius 2 is 2.20 bits per heavy atom. The first-order valence-electron chi connectivity index (χ1n) is 4.01. The highest BCUT2D eigenvalue weighted by Gasteiger charge is 2.21. The summed E-state index contributed by atoms with van der Waals surface area (Å²) in [6.07, 6.45) is -2.82. The molecule has 15 heavy (non-hydrogen) atoms. The quantitative estimate of drug-likeness (QED) is 0.756. The van der Waals surface area contributed by atoms with Gasteiger partial charge in [0.05, 0.1) is 18.4 Å². The van der Waals surface area contributed by atoms with Crippen LogP contribution in [0, 0.1) is 6.92 Å². The number of halogens is 3. The van der Waals surface area contributed by atoms with Crippen LogP contribution in [0.15, 0.2) is 6.07 Å². The van der Waals surface area contributed by atoms with Crippen LogP contribution < -0.4 is 4.74 Å². The average molecular weight is 236 g/mol. The first-order chi connectivity index (χ1) is 6.97. The number of methoxy groups -OCH3 is 1. The van der Waals surface area contributed by atoms with Crippen LogP contribution in [-0.2, 0) is 0 Å². The van der Waals surface area contributed by atoms with Crippen molar-refractivity contribution < 1.29 is 18.3 Å². The van der Waals surface area contributed by atoms with Gasteiger partial charge in [0.2, 0.25) is 0 Å². The number of rotatable bonds is 3. The van der Waals surface area contributed by atoms with Gasteiger partial charge in [-0.05, 0) is 24.6 Å². The summed E-state index contributed by atoms with van der Waals surface area (Å²) in [6.45, 7) is 1.54. The topological polar surface area (TPSA) is 39.2 Å². The summed E-state index contributed by atoms with van der Waals surface area (Å²) in [4.78, 5) is 14.5. The molecule has 0 aliphatic heterocycles. The minimum atomic E-state index is -2.82. The van der Waals surface area contributed by atoms with Gasteiger partial charge in [-0.25, -0.2) is 13.8 Å². The molecule has 3 nitrogen and oxygen atoms in total. The molecule has 0 saturated carbocycles. The highest BCUT2D eigenvalue weighted by molar-refractivity contribution is 6.67. The number of aromatic nitrogens is 1. The molecule has 1 rings (SSSR count). The van der Waals surface area contributed by atoms with Crippen LogP contribution in [0.5, 0.6) is 5.75 Å². The third kappa shape index (κ3) is 2.41. The predicted octanol–water partition coefficient (Wildman–Crippen LogP) is 2.72. The molecule has 1 aromatic rings. The number of pyridine rings is 1. The number of hydrogen-bond acceptors (Lipinski definition) is 3. The number of ether oxygens (including phenoxy) is 1. The Kier molecular flexibility index (Phi) is 3.57. The van der Waals surface area contributed by atoms with Crippen LogP contribution in [0.1, 0.15) is 28.2 Å². The lowest BCUT2D eigenvalue weighted by Crippen LogP contribution is -2.05. The van der Waals surface area contributed by atoms with Crippen LogP contribution >= 0.6 is 11.6 Å². The summed E-state index contributed by atoms with van der Waals surface area (Å²) >= 11 is 5.14. The van der Waals surface area contributed by atoms with Gasteiger partial charge in [0.15, 0.2) is 0 Å². The molecule has 0 fully saturated rings. The maximum absolute atomic E-state index is 12.5. The van der Waals surface area contributed by atoms with E-state index >= 15 is 0 Å². The molecule has 0 radical (unpaired) electrons. The van der Waals surface area contributed by atoms with Crippen LogP contribution in [0.3, 0.4) is 0 Å². The number of nitrogens with zero attached hydrogens (tertiary/aromatic N) is 1. The van der Waals surface area contributed by atoms with Gasteiger partial charge in [-0.1, -0.05) is 0 Å². The van der Waals surface area contributed by atoms with E-state index in [-0.39, 0.29) is 5.75 Å². The van der Waals surface area contributed by atoms with Crippen molar-refractivity contribution in [3.05, 3.63) is 23.0 Å². The molecule has 0 aliphatic carbocycles. The highest BCUT2D eigenvalue weighted by atomic mass is 35.5. The van der Waals surface area contributed by atoms with E-state index in [1.807, 2.05) is 0 Å². The van der Waals surface area contributed by atoms with Crippen molar-refractivity contribution >= 4 is 16.8 Å². The van der Waals surface area contributed by atoms with Crippen molar-refractivity contribution in [3.8, 4) is 5.75 Å². The van der Waals surface area contributed by atoms with Crippen LogP contribution in [0.4, 0.5) is 8.78 Å². The second kappa shape index (κ2) is 4.53. The molecule has 0 bridgehead atoms. The third-order valence-corrected chi connectivity index (χ3v) is 2.02. The Balaban J connectivity index is 3.38. The Bertz CT molecular complexity index is 396. The van der Waals surface area contributed by atoms with Gasteiger partial charge in [0.1, 0.15) is 11.4 Å². The summed E-state index contributed by atoms with van der Waals surface area (Å²) in [5.41, 5.74) is -0.603. The van der Waals surface area contributed by atoms with E-state index in [1.165, 1.54) is 14.0 Å². The van der Waals surface area contributed by atoms with E-state index in [4.69, 9.17) is 16.3 Å². The third-order valence-electron chi connectivity index (χ3n) is 1.84. The number of aryl methyl sites for hydroxylation is 1. The lowest BCUT2D eigenvalue weighted by molar-refractivity contribution is 0.106. The monoisotopic (exact) mass is 235 g/mol. The van der Waals surface area contributed by atoms with Gasteiger partial charge in [0, 0.05) is 0 Å². The molecular weight excluding hydrogens is 228 g/mol. The lowest BCUT2D eigenvalue weighted by atomic mass is 10.2. The van der Waals surface area contributed by atoms with Gasteiger partial charge in [-0.3, -0.25) is 4.79 Å². The van der Waals surface area contributed by atoms with Crippen molar-refractivity contribution in [2.75, 3.05) is 7.11 Å². The second-order valence-corrected chi connectivity index (χ2v) is 3.13. The molecule has 0 aliphatic rings. The van der Waals surface area contributed by atoms with Gasteiger partial charge < -0.3 is 4.74 Å². The van der Waals surface area contributed by atoms with Crippen LogP contribution in [-0.4, -0.2) is 17.3 Å². The summed E-state index contributed by atoms with van der Waals surface area (Å²) in [5.74, 6) is 0.201. The maximum Gasteiger partial charge on any atom is 0.271 e. The van der Waals surface area contributed by atoms with Crippen molar-refractivity contribution in [2.24, 2.45) is 0 Å². The maximum atomic E-state index is 12.5. The molecule has 6 heteroatoms. The molecule has 0 saturated heterocycles. The Hall–Kier alpha value is -1.23. The average Bonchev–Trinajstić information content (AvgIpc) is 2.16. The summed E-state index contributed by atoms with van der Waals surface area (Å²) in [7, 11) is 1.33. The molecule has 82 valence electrons. The van der Waals surface area contributed by atoms with E-state index in [9.17, 15) is 13.6 Å². The fourth-order valence-electron chi connectivity index (χ4n) is 1.13. The Morgan fingerprint density at radius 3 is 2.60 bits per heavy atom. The van der Waals surface area contributed by atoms with Gasteiger partial charge in [0.25, 0.3) is 11.7 Å².